The van der Waals surface area contributed by atoms with Gasteiger partial charge in [-0.25, -0.2) is 4.68 Å². The lowest BCUT2D eigenvalue weighted by atomic mass is 10.2. The molecule has 0 saturated heterocycles. The molecular formula is C24H24F3N3O3. The van der Waals surface area contributed by atoms with Gasteiger partial charge in [0, 0.05) is 11.8 Å². The van der Waals surface area contributed by atoms with Crippen molar-refractivity contribution in [3.8, 4) is 17.2 Å². The maximum Gasteiger partial charge on any atom is 0.434 e. The van der Waals surface area contributed by atoms with Gasteiger partial charge in [-0.1, -0.05) is 17.7 Å². The second-order valence-corrected chi connectivity index (χ2v) is 8.00. The van der Waals surface area contributed by atoms with Crippen LogP contribution in [-0.4, -0.2) is 28.9 Å². The zero-order chi connectivity index (χ0) is 23.6. The largest absolute Gasteiger partial charge is 0.493 e. The zero-order valence-electron chi connectivity index (χ0n) is 18.3. The lowest BCUT2D eigenvalue weighted by Gasteiger charge is -2.17. The number of nitrogens with zero attached hydrogens (tertiary/aromatic N) is 2. The predicted octanol–water partition coefficient (Wildman–Crippen LogP) is 5.78. The molecule has 1 amide bonds. The van der Waals surface area contributed by atoms with E-state index in [1.54, 1.807) is 30.3 Å². The first-order chi connectivity index (χ1) is 15.8. The number of benzene rings is 2. The van der Waals surface area contributed by atoms with E-state index in [-0.39, 0.29) is 11.8 Å². The Balaban J connectivity index is 1.63. The molecule has 1 aliphatic carbocycles. The van der Waals surface area contributed by atoms with E-state index in [2.05, 4.69) is 10.4 Å². The zero-order valence-corrected chi connectivity index (χ0v) is 18.3. The van der Waals surface area contributed by atoms with E-state index < -0.39 is 23.3 Å². The summed E-state index contributed by atoms with van der Waals surface area (Å²) in [5.74, 6) is 0.00864. The molecule has 1 N–H and O–H groups in total. The van der Waals surface area contributed by atoms with E-state index in [4.69, 9.17) is 9.47 Å². The van der Waals surface area contributed by atoms with Gasteiger partial charge in [-0.15, -0.1) is 0 Å². The first-order valence-corrected chi connectivity index (χ1v) is 10.6. The molecular weight excluding hydrogens is 435 g/mol. The topological polar surface area (TPSA) is 65.4 Å². The van der Waals surface area contributed by atoms with Gasteiger partial charge in [0.25, 0.3) is 5.91 Å². The number of nitrogens with one attached hydrogen (secondary N) is 1. The minimum atomic E-state index is -4.79. The van der Waals surface area contributed by atoms with Gasteiger partial charge in [0.15, 0.2) is 17.2 Å². The van der Waals surface area contributed by atoms with Crippen molar-refractivity contribution in [2.45, 2.75) is 44.9 Å². The summed E-state index contributed by atoms with van der Waals surface area (Å²) in [6.07, 6.45) is 0.194. The van der Waals surface area contributed by atoms with E-state index in [0.29, 0.717) is 17.2 Å². The SMILES string of the molecule is COc1ccc(NC(=O)c2cnn(-c3ccc(C)cc3)c2C(F)(F)F)cc1OC1CCCC1. The number of rotatable bonds is 6. The average molecular weight is 459 g/mol. The lowest BCUT2D eigenvalue weighted by molar-refractivity contribution is -0.143. The first kappa shape index (κ1) is 22.7. The van der Waals surface area contributed by atoms with Crippen molar-refractivity contribution in [3.05, 3.63) is 65.5 Å². The molecule has 0 aliphatic heterocycles. The molecule has 1 aliphatic rings. The van der Waals surface area contributed by atoms with Gasteiger partial charge in [-0.2, -0.15) is 18.3 Å². The van der Waals surface area contributed by atoms with Crippen LogP contribution >= 0.6 is 0 Å². The van der Waals surface area contributed by atoms with Crippen LogP contribution in [0.15, 0.2) is 48.7 Å². The molecule has 1 fully saturated rings. The van der Waals surface area contributed by atoms with Gasteiger partial charge in [-0.3, -0.25) is 4.79 Å². The molecule has 3 aromatic rings. The monoisotopic (exact) mass is 459 g/mol. The Bertz CT molecular complexity index is 1130. The van der Waals surface area contributed by atoms with Crippen LogP contribution in [0.3, 0.4) is 0 Å². The number of hydrogen-bond donors (Lipinski definition) is 1. The number of carbonyl (C=O) groups excluding carboxylic acids is 1. The number of ether oxygens (including phenoxy) is 2. The Kier molecular flexibility index (Phi) is 6.31. The van der Waals surface area contributed by atoms with Crippen LogP contribution in [0.25, 0.3) is 5.69 Å². The maximum atomic E-state index is 13.9. The number of halogens is 3. The molecule has 1 saturated carbocycles. The molecule has 33 heavy (non-hydrogen) atoms. The summed E-state index contributed by atoms with van der Waals surface area (Å²) >= 11 is 0. The van der Waals surface area contributed by atoms with Gasteiger partial charge in [0.2, 0.25) is 0 Å². The molecule has 9 heteroatoms. The molecule has 0 bridgehead atoms. The fourth-order valence-corrected chi connectivity index (χ4v) is 3.90. The summed E-state index contributed by atoms with van der Waals surface area (Å²) in [6, 6.07) is 11.1. The number of amides is 1. The maximum absolute atomic E-state index is 13.9. The van der Waals surface area contributed by atoms with E-state index >= 15 is 0 Å². The van der Waals surface area contributed by atoms with Crippen molar-refractivity contribution >= 4 is 11.6 Å². The van der Waals surface area contributed by atoms with Crippen LogP contribution in [0.2, 0.25) is 0 Å². The smallest absolute Gasteiger partial charge is 0.434 e. The van der Waals surface area contributed by atoms with E-state index in [1.165, 1.54) is 19.2 Å². The minimum absolute atomic E-state index is 0.0504. The number of carbonyl (C=O) groups is 1. The molecule has 2 aromatic carbocycles. The second kappa shape index (κ2) is 9.17. The summed E-state index contributed by atoms with van der Waals surface area (Å²) < 4.78 is 53.8. The van der Waals surface area contributed by atoms with Gasteiger partial charge >= 0.3 is 6.18 Å². The Morgan fingerprint density at radius 2 is 1.79 bits per heavy atom. The molecule has 0 unspecified atom stereocenters. The van der Waals surface area contributed by atoms with E-state index in [1.807, 2.05) is 6.92 Å². The third kappa shape index (κ3) is 4.97. The van der Waals surface area contributed by atoms with Crippen molar-refractivity contribution in [1.82, 2.24) is 9.78 Å². The van der Waals surface area contributed by atoms with Crippen LogP contribution in [0.1, 0.15) is 47.3 Å². The number of alkyl halides is 3. The Hall–Kier alpha value is -3.49. The van der Waals surface area contributed by atoms with E-state index in [0.717, 1.165) is 42.1 Å². The minimum Gasteiger partial charge on any atom is -0.493 e. The fourth-order valence-electron chi connectivity index (χ4n) is 3.90. The first-order valence-electron chi connectivity index (χ1n) is 10.6. The van der Waals surface area contributed by atoms with Crippen molar-refractivity contribution < 1.29 is 27.4 Å². The van der Waals surface area contributed by atoms with Crippen molar-refractivity contribution in [1.29, 1.82) is 0 Å². The molecule has 0 spiro atoms. The number of anilines is 1. The van der Waals surface area contributed by atoms with Gasteiger partial charge in [0.05, 0.1) is 30.7 Å². The van der Waals surface area contributed by atoms with Crippen LogP contribution in [0.4, 0.5) is 18.9 Å². The normalized spacial score (nSPS) is 14.3. The highest BCUT2D eigenvalue weighted by atomic mass is 19.4. The summed E-state index contributed by atoms with van der Waals surface area (Å²) in [4.78, 5) is 12.9. The Labute approximate surface area is 189 Å². The van der Waals surface area contributed by atoms with Crippen molar-refractivity contribution in [2.24, 2.45) is 0 Å². The standard InChI is InChI=1S/C24H24F3N3O3/c1-15-7-10-17(11-8-15)30-22(24(25,26)27)19(14-28-30)23(31)29-16-9-12-20(32-2)21(13-16)33-18-5-3-4-6-18/h7-14,18H,3-6H2,1-2H3,(H,29,31). The van der Waals surface area contributed by atoms with Crippen LogP contribution < -0.4 is 14.8 Å². The van der Waals surface area contributed by atoms with Crippen LogP contribution in [0.5, 0.6) is 11.5 Å². The van der Waals surface area contributed by atoms with Gasteiger partial charge in [0.1, 0.15) is 0 Å². The molecule has 174 valence electrons. The number of aryl methyl sites for hydroxylation is 1. The Morgan fingerprint density at radius 1 is 1.09 bits per heavy atom. The number of aromatic nitrogens is 2. The molecule has 4 rings (SSSR count). The van der Waals surface area contributed by atoms with E-state index in [9.17, 15) is 18.0 Å². The highest BCUT2D eigenvalue weighted by Crippen LogP contribution is 2.36. The second-order valence-electron chi connectivity index (χ2n) is 8.00. The predicted molar refractivity (Wildman–Crippen MR) is 117 cm³/mol. The van der Waals surface area contributed by atoms with Gasteiger partial charge < -0.3 is 14.8 Å². The Morgan fingerprint density at radius 3 is 2.42 bits per heavy atom. The van der Waals surface area contributed by atoms with Crippen molar-refractivity contribution in [2.75, 3.05) is 12.4 Å². The fraction of sp³-hybridized carbons (Fsp3) is 0.333. The highest BCUT2D eigenvalue weighted by molar-refractivity contribution is 6.05. The summed E-state index contributed by atoms with van der Waals surface area (Å²) in [5.41, 5.74) is -0.307. The van der Waals surface area contributed by atoms with Gasteiger partial charge in [-0.05, 0) is 56.9 Å². The van der Waals surface area contributed by atoms with Crippen molar-refractivity contribution in [3.63, 3.8) is 0 Å². The molecule has 1 aromatic heterocycles. The summed E-state index contributed by atoms with van der Waals surface area (Å²) in [5, 5.41) is 6.38. The lowest BCUT2D eigenvalue weighted by Crippen LogP contribution is -2.21. The summed E-state index contributed by atoms with van der Waals surface area (Å²) in [7, 11) is 1.50. The average Bonchev–Trinajstić information content (AvgIpc) is 3.44. The molecule has 0 atom stereocenters. The third-order valence-corrected chi connectivity index (χ3v) is 5.58. The molecule has 6 nitrogen and oxygen atoms in total. The quantitative estimate of drug-likeness (QED) is 0.507. The highest BCUT2D eigenvalue weighted by Gasteiger charge is 2.40. The third-order valence-electron chi connectivity index (χ3n) is 5.58. The van der Waals surface area contributed by atoms with Crippen LogP contribution in [-0.2, 0) is 6.18 Å². The van der Waals surface area contributed by atoms with Crippen LogP contribution in [0, 0.1) is 6.92 Å². The molecule has 1 heterocycles. The number of methoxy groups -OCH3 is 1. The molecule has 0 radical (unpaired) electrons. The summed E-state index contributed by atoms with van der Waals surface area (Å²) in [6.45, 7) is 1.83. The number of hydrogen-bond acceptors (Lipinski definition) is 4.